The molecule has 0 bridgehead atoms. The normalized spacial score (nSPS) is 10.8. The molecule has 0 amide bonds. The SMILES string of the molecule is CCCCCCCCCCCCCCCCOc1ccc(O)c(=[OH+])cc1. The van der Waals surface area contributed by atoms with Gasteiger partial charge in [-0.15, -0.1) is 0 Å². The number of ether oxygens (including phenoxy) is 1. The molecule has 0 saturated carbocycles. The second-order valence-corrected chi connectivity index (χ2v) is 7.28. The summed E-state index contributed by atoms with van der Waals surface area (Å²) in [5.74, 6) is 0.548. The van der Waals surface area contributed by atoms with Crippen molar-refractivity contribution >= 4 is 0 Å². The van der Waals surface area contributed by atoms with Gasteiger partial charge in [0.15, 0.2) is 0 Å². The standard InChI is InChI=1S/C23H38O3/c1-2-3-4-5-6-7-8-9-10-11-12-13-14-15-20-26-21-16-18-22(24)23(25)19-17-21/h16-19H,2-15,20H2,1H3,(H,24,25)/p+1. The molecule has 0 unspecified atom stereocenters. The summed E-state index contributed by atoms with van der Waals surface area (Å²) in [5, 5.41) is 9.40. The molecule has 0 atom stereocenters. The number of unbranched alkanes of at least 4 members (excludes halogenated alkanes) is 13. The van der Waals surface area contributed by atoms with E-state index in [0.29, 0.717) is 12.4 Å². The van der Waals surface area contributed by atoms with Gasteiger partial charge in [0, 0.05) is 6.07 Å². The summed E-state index contributed by atoms with van der Waals surface area (Å²) in [7, 11) is 0. The molecule has 0 aromatic heterocycles. The van der Waals surface area contributed by atoms with Gasteiger partial charge in [0.05, 0.1) is 6.61 Å². The van der Waals surface area contributed by atoms with E-state index in [4.69, 9.17) is 4.74 Å². The maximum absolute atomic E-state index is 9.40. The van der Waals surface area contributed by atoms with Gasteiger partial charge < -0.3 is 9.84 Å². The fourth-order valence-electron chi connectivity index (χ4n) is 3.13. The molecule has 1 aromatic carbocycles. The molecule has 1 rings (SSSR count). The van der Waals surface area contributed by atoms with Crippen molar-refractivity contribution in [2.24, 2.45) is 0 Å². The first-order valence-corrected chi connectivity index (χ1v) is 10.7. The lowest BCUT2D eigenvalue weighted by molar-refractivity contribution is 0.304. The minimum atomic E-state index is -0.128. The average molecular weight is 364 g/mol. The minimum absolute atomic E-state index is 0.128. The smallest absolute Gasteiger partial charge is 0.381 e. The lowest BCUT2D eigenvalue weighted by atomic mass is 10.0. The van der Waals surface area contributed by atoms with Crippen molar-refractivity contribution in [1.82, 2.24) is 0 Å². The maximum atomic E-state index is 9.40. The van der Waals surface area contributed by atoms with Gasteiger partial charge >= 0.3 is 5.43 Å². The monoisotopic (exact) mass is 363 g/mol. The van der Waals surface area contributed by atoms with Gasteiger partial charge in [-0.2, -0.15) is 0 Å². The molecular formula is C23H39O3+. The highest BCUT2D eigenvalue weighted by molar-refractivity contribution is 5.26. The molecule has 1 aromatic rings. The van der Waals surface area contributed by atoms with Gasteiger partial charge in [0.1, 0.15) is 5.75 Å². The Balaban J connectivity index is 1.87. The van der Waals surface area contributed by atoms with Crippen molar-refractivity contribution in [2.75, 3.05) is 6.61 Å². The van der Waals surface area contributed by atoms with Crippen molar-refractivity contribution in [3.63, 3.8) is 0 Å². The first-order valence-electron chi connectivity index (χ1n) is 10.7. The Hall–Kier alpha value is -1.51. The molecule has 0 fully saturated rings. The number of hydrogen-bond acceptors (Lipinski definition) is 2. The van der Waals surface area contributed by atoms with Crippen molar-refractivity contribution in [3.05, 3.63) is 29.7 Å². The lowest BCUT2D eigenvalue weighted by Crippen LogP contribution is -1.97. The molecule has 0 radical (unpaired) electrons. The van der Waals surface area contributed by atoms with Crippen LogP contribution in [0.25, 0.3) is 0 Å². The first-order chi connectivity index (χ1) is 12.7. The second kappa shape index (κ2) is 15.7. The van der Waals surface area contributed by atoms with E-state index in [1.807, 2.05) is 0 Å². The number of aromatic hydroxyl groups is 1. The summed E-state index contributed by atoms with van der Waals surface area (Å²) in [6, 6.07) is 6.27. The van der Waals surface area contributed by atoms with Crippen LogP contribution in [0.4, 0.5) is 0 Å². The zero-order chi connectivity index (χ0) is 18.9. The van der Waals surface area contributed by atoms with Crippen molar-refractivity contribution in [3.8, 4) is 11.5 Å². The van der Waals surface area contributed by atoms with E-state index in [2.05, 4.69) is 6.92 Å². The van der Waals surface area contributed by atoms with Crippen molar-refractivity contribution in [1.29, 1.82) is 0 Å². The Morgan fingerprint density at radius 3 is 1.69 bits per heavy atom. The minimum Gasteiger partial charge on any atom is -0.500 e. The van der Waals surface area contributed by atoms with Crippen LogP contribution in [0.1, 0.15) is 96.8 Å². The summed E-state index contributed by atoms with van der Waals surface area (Å²) in [4.78, 5) is 9.40. The van der Waals surface area contributed by atoms with Crippen LogP contribution in [-0.4, -0.2) is 16.5 Å². The van der Waals surface area contributed by atoms with Crippen LogP contribution in [0.2, 0.25) is 0 Å². The number of rotatable bonds is 16. The Kier molecular flexibility index (Phi) is 13.6. The van der Waals surface area contributed by atoms with Crippen LogP contribution < -0.4 is 10.2 Å². The van der Waals surface area contributed by atoms with Gasteiger partial charge in [0.25, 0.3) is 0 Å². The molecule has 26 heavy (non-hydrogen) atoms. The average Bonchev–Trinajstić information content (AvgIpc) is 2.80. The van der Waals surface area contributed by atoms with Crippen LogP contribution in [0.5, 0.6) is 11.5 Å². The molecule has 0 aliphatic carbocycles. The van der Waals surface area contributed by atoms with Crippen LogP contribution in [0, 0.1) is 0 Å². The third kappa shape index (κ3) is 11.9. The summed E-state index contributed by atoms with van der Waals surface area (Å²) < 4.78 is 5.66. The highest BCUT2D eigenvalue weighted by Gasteiger charge is 2.00. The van der Waals surface area contributed by atoms with E-state index in [0.717, 1.165) is 6.42 Å². The van der Waals surface area contributed by atoms with Crippen molar-refractivity contribution < 1.29 is 14.6 Å². The molecule has 0 spiro atoms. The highest BCUT2D eigenvalue weighted by atomic mass is 16.5. The molecule has 0 aliphatic heterocycles. The van der Waals surface area contributed by atoms with Gasteiger partial charge in [0.2, 0.25) is 5.75 Å². The van der Waals surface area contributed by atoms with E-state index in [1.165, 1.54) is 95.6 Å². The molecule has 148 valence electrons. The quantitative estimate of drug-likeness (QED) is 0.278. The van der Waals surface area contributed by atoms with E-state index in [-0.39, 0.29) is 11.2 Å². The van der Waals surface area contributed by atoms with Gasteiger partial charge in [-0.1, -0.05) is 90.4 Å². The van der Waals surface area contributed by atoms with Crippen molar-refractivity contribution in [2.45, 2.75) is 96.8 Å². The fourth-order valence-corrected chi connectivity index (χ4v) is 3.13. The summed E-state index contributed by atoms with van der Waals surface area (Å²) in [6.07, 6.45) is 18.9. The van der Waals surface area contributed by atoms with Crippen LogP contribution in [0.3, 0.4) is 0 Å². The third-order valence-electron chi connectivity index (χ3n) is 4.84. The first kappa shape index (κ1) is 22.5. The predicted octanol–water partition coefficient (Wildman–Crippen LogP) is 6.26. The summed E-state index contributed by atoms with van der Waals surface area (Å²) >= 11 is 0. The molecule has 3 heteroatoms. The Bertz CT molecular complexity index is 513. The Labute approximate surface area is 159 Å². The zero-order valence-corrected chi connectivity index (χ0v) is 16.7. The third-order valence-corrected chi connectivity index (χ3v) is 4.84. The van der Waals surface area contributed by atoms with E-state index in [9.17, 15) is 9.90 Å². The molecular weight excluding hydrogens is 324 g/mol. The van der Waals surface area contributed by atoms with Crippen LogP contribution >= 0.6 is 0 Å². The zero-order valence-electron chi connectivity index (χ0n) is 16.7. The number of hydrogen-bond donors (Lipinski definition) is 1. The Morgan fingerprint density at radius 2 is 1.15 bits per heavy atom. The molecule has 0 aliphatic rings. The molecule has 3 nitrogen and oxygen atoms in total. The lowest BCUT2D eigenvalue weighted by Gasteiger charge is -2.05. The van der Waals surface area contributed by atoms with Crippen LogP contribution in [-0.2, 0) is 0 Å². The fraction of sp³-hybridized carbons (Fsp3) is 0.696. The topological polar surface area (TPSA) is 50.9 Å². The largest absolute Gasteiger partial charge is 0.500 e. The second-order valence-electron chi connectivity index (χ2n) is 7.28. The highest BCUT2D eigenvalue weighted by Crippen LogP contribution is 2.14. The van der Waals surface area contributed by atoms with Gasteiger partial charge in [-0.25, -0.2) is 0 Å². The molecule has 0 saturated heterocycles. The molecule has 2 N–H and O–H groups in total. The van der Waals surface area contributed by atoms with Crippen LogP contribution in [0.15, 0.2) is 24.3 Å². The Morgan fingerprint density at radius 1 is 0.692 bits per heavy atom. The van der Waals surface area contributed by atoms with E-state index in [1.54, 1.807) is 12.1 Å². The van der Waals surface area contributed by atoms with E-state index >= 15 is 0 Å². The van der Waals surface area contributed by atoms with Gasteiger partial charge in [-0.3, -0.25) is 4.79 Å². The predicted molar refractivity (Wildman–Crippen MR) is 109 cm³/mol. The van der Waals surface area contributed by atoms with Gasteiger partial charge in [-0.05, 0) is 24.6 Å². The van der Waals surface area contributed by atoms with E-state index < -0.39 is 0 Å². The summed E-state index contributed by atoms with van der Waals surface area (Å²) in [6.45, 7) is 2.96. The summed E-state index contributed by atoms with van der Waals surface area (Å²) in [5.41, 5.74) is -0.128. The maximum Gasteiger partial charge on any atom is 0.381 e. The molecule has 0 heterocycles.